The van der Waals surface area contributed by atoms with Gasteiger partial charge in [-0.3, -0.25) is 0 Å². The Bertz CT molecular complexity index is 440. The summed E-state index contributed by atoms with van der Waals surface area (Å²) in [5.41, 5.74) is 7.79. The van der Waals surface area contributed by atoms with Crippen LogP contribution in [0.4, 0.5) is 0 Å². The van der Waals surface area contributed by atoms with Crippen molar-refractivity contribution in [2.24, 2.45) is 5.73 Å². The normalized spacial score (nSPS) is 12.0. The van der Waals surface area contributed by atoms with Crippen LogP contribution in [0.25, 0.3) is 0 Å². The molecule has 0 bridgehead atoms. The first kappa shape index (κ1) is 14.2. The van der Waals surface area contributed by atoms with Crippen LogP contribution >= 0.6 is 0 Å². The van der Waals surface area contributed by atoms with E-state index in [1.807, 2.05) is 36.2 Å². The largest absolute Gasteiger partial charge is 0.326 e. The summed E-state index contributed by atoms with van der Waals surface area (Å²) in [5.74, 6) is 0.199. The molecule has 0 aliphatic carbocycles. The third-order valence-corrected chi connectivity index (χ3v) is 3.48. The molecule has 0 aromatic heterocycles. The molecule has 96 valence electrons. The van der Waals surface area contributed by atoms with Gasteiger partial charge in [-0.1, -0.05) is 24.3 Å². The molecule has 0 fully saturated rings. The summed E-state index contributed by atoms with van der Waals surface area (Å²) < 4.78 is 22.1. The van der Waals surface area contributed by atoms with E-state index in [4.69, 9.17) is 5.73 Å². The number of rotatable bonds is 6. The van der Waals surface area contributed by atoms with Crippen molar-refractivity contribution < 1.29 is 8.42 Å². The molecule has 0 aliphatic heterocycles. The molecular weight excluding hydrogens is 236 g/mol. The van der Waals surface area contributed by atoms with Gasteiger partial charge in [0.1, 0.15) is 9.84 Å². The number of sulfone groups is 1. The molecule has 0 radical (unpaired) electrons. The summed E-state index contributed by atoms with van der Waals surface area (Å²) in [7, 11) is -0.962. The van der Waals surface area contributed by atoms with Crippen molar-refractivity contribution >= 4 is 9.84 Å². The van der Waals surface area contributed by atoms with Crippen molar-refractivity contribution in [1.82, 2.24) is 4.90 Å². The molecule has 0 aliphatic rings. The Morgan fingerprint density at radius 1 is 1.18 bits per heavy atom. The van der Waals surface area contributed by atoms with E-state index in [9.17, 15) is 8.42 Å². The fraction of sp³-hybridized carbons (Fsp3) is 0.500. The van der Waals surface area contributed by atoms with Gasteiger partial charge < -0.3 is 10.6 Å². The van der Waals surface area contributed by atoms with Crippen LogP contribution in [0.2, 0.25) is 0 Å². The van der Waals surface area contributed by atoms with Crippen LogP contribution in [0.15, 0.2) is 24.3 Å². The van der Waals surface area contributed by atoms with Gasteiger partial charge in [-0.05, 0) is 18.2 Å². The van der Waals surface area contributed by atoms with Gasteiger partial charge in [-0.25, -0.2) is 8.42 Å². The fourth-order valence-electron chi connectivity index (χ4n) is 1.49. The Morgan fingerprint density at radius 3 is 2.18 bits per heavy atom. The highest BCUT2D eigenvalue weighted by molar-refractivity contribution is 7.90. The Morgan fingerprint density at radius 2 is 1.71 bits per heavy atom. The zero-order chi connectivity index (χ0) is 12.9. The van der Waals surface area contributed by atoms with Crippen molar-refractivity contribution in [3.63, 3.8) is 0 Å². The molecule has 0 unspecified atom stereocenters. The van der Waals surface area contributed by atoms with Crippen molar-refractivity contribution in [1.29, 1.82) is 0 Å². The first-order valence-corrected chi connectivity index (χ1v) is 7.61. The van der Waals surface area contributed by atoms with E-state index in [0.717, 1.165) is 12.1 Å². The van der Waals surface area contributed by atoms with Gasteiger partial charge in [-0.2, -0.15) is 0 Å². The summed E-state index contributed by atoms with van der Waals surface area (Å²) in [4.78, 5) is 2.00. The lowest BCUT2D eigenvalue weighted by atomic mass is 10.1. The van der Waals surface area contributed by atoms with Crippen LogP contribution < -0.4 is 5.73 Å². The Kier molecular flexibility index (Phi) is 5.11. The first-order chi connectivity index (χ1) is 7.90. The number of benzene rings is 1. The number of hydrogen-bond acceptors (Lipinski definition) is 4. The van der Waals surface area contributed by atoms with Crippen molar-refractivity contribution in [2.75, 3.05) is 25.6 Å². The van der Waals surface area contributed by atoms with Gasteiger partial charge in [0.15, 0.2) is 0 Å². The summed E-state index contributed by atoms with van der Waals surface area (Å²) in [6, 6.07) is 8.05. The SMILES string of the molecule is CN(CCS(C)(=O)=O)Cc1ccc(CN)cc1. The Labute approximate surface area is 103 Å². The minimum atomic E-state index is -2.88. The topological polar surface area (TPSA) is 63.4 Å². The highest BCUT2D eigenvalue weighted by atomic mass is 32.2. The molecule has 1 aromatic carbocycles. The molecule has 0 heterocycles. The summed E-state index contributed by atoms with van der Waals surface area (Å²) >= 11 is 0. The standard InChI is InChI=1S/C12H20N2O2S/c1-14(7-8-17(2,15)16)10-12-5-3-11(9-13)4-6-12/h3-6H,7-10,13H2,1-2H3. The Hall–Kier alpha value is -0.910. The maximum absolute atomic E-state index is 11.0. The lowest BCUT2D eigenvalue weighted by molar-refractivity contribution is 0.346. The maximum Gasteiger partial charge on any atom is 0.148 e. The van der Waals surface area contributed by atoms with Gasteiger partial charge in [0.25, 0.3) is 0 Å². The predicted octanol–water partition coefficient (Wildman–Crippen LogP) is 0.622. The predicted molar refractivity (Wildman–Crippen MR) is 70.4 cm³/mol. The molecule has 5 heteroatoms. The van der Waals surface area contributed by atoms with Gasteiger partial charge in [-0.15, -0.1) is 0 Å². The van der Waals surface area contributed by atoms with Crippen molar-refractivity contribution in [3.05, 3.63) is 35.4 Å². The lowest BCUT2D eigenvalue weighted by Gasteiger charge is -2.16. The molecule has 1 aromatic rings. The number of nitrogens with two attached hydrogens (primary N) is 1. The van der Waals surface area contributed by atoms with Crippen molar-refractivity contribution in [3.8, 4) is 0 Å². The molecule has 17 heavy (non-hydrogen) atoms. The molecule has 0 atom stereocenters. The van der Waals surface area contributed by atoms with E-state index in [1.165, 1.54) is 11.8 Å². The second-order valence-electron chi connectivity index (χ2n) is 4.39. The van der Waals surface area contributed by atoms with Gasteiger partial charge >= 0.3 is 0 Å². The zero-order valence-electron chi connectivity index (χ0n) is 10.4. The monoisotopic (exact) mass is 256 g/mol. The molecule has 0 amide bonds. The third-order valence-electron chi connectivity index (χ3n) is 2.55. The fourth-order valence-corrected chi connectivity index (χ4v) is 2.14. The minimum Gasteiger partial charge on any atom is -0.326 e. The Balaban J connectivity index is 2.47. The van der Waals surface area contributed by atoms with Crippen LogP contribution in [0.1, 0.15) is 11.1 Å². The van der Waals surface area contributed by atoms with E-state index in [1.54, 1.807) is 0 Å². The van der Waals surface area contributed by atoms with Gasteiger partial charge in [0, 0.05) is 25.9 Å². The van der Waals surface area contributed by atoms with Crippen LogP contribution in [0, 0.1) is 0 Å². The van der Waals surface area contributed by atoms with E-state index in [2.05, 4.69) is 0 Å². The smallest absolute Gasteiger partial charge is 0.148 e. The van der Waals surface area contributed by atoms with E-state index >= 15 is 0 Å². The highest BCUT2D eigenvalue weighted by Gasteiger charge is 2.06. The summed E-state index contributed by atoms with van der Waals surface area (Å²) in [6.45, 7) is 1.85. The minimum absolute atomic E-state index is 0.199. The van der Waals surface area contributed by atoms with Crippen molar-refractivity contribution in [2.45, 2.75) is 13.1 Å². The number of hydrogen-bond donors (Lipinski definition) is 1. The molecular formula is C12H20N2O2S. The molecule has 0 saturated carbocycles. The second kappa shape index (κ2) is 6.14. The molecule has 2 N–H and O–H groups in total. The average Bonchev–Trinajstić information content (AvgIpc) is 2.27. The molecule has 0 spiro atoms. The van der Waals surface area contributed by atoms with E-state index < -0.39 is 9.84 Å². The molecule has 4 nitrogen and oxygen atoms in total. The quantitative estimate of drug-likeness (QED) is 0.810. The first-order valence-electron chi connectivity index (χ1n) is 5.55. The van der Waals surface area contributed by atoms with Crippen LogP contribution in [0.5, 0.6) is 0 Å². The average molecular weight is 256 g/mol. The van der Waals surface area contributed by atoms with E-state index in [-0.39, 0.29) is 5.75 Å². The zero-order valence-corrected chi connectivity index (χ0v) is 11.2. The third kappa shape index (κ3) is 5.81. The lowest BCUT2D eigenvalue weighted by Crippen LogP contribution is -2.24. The van der Waals surface area contributed by atoms with E-state index in [0.29, 0.717) is 13.1 Å². The van der Waals surface area contributed by atoms with Gasteiger partial charge in [0.05, 0.1) is 5.75 Å². The number of nitrogens with zero attached hydrogens (tertiary/aromatic N) is 1. The summed E-state index contributed by atoms with van der Waals surface area (Å²) in [6.07, 6.45) is 1.26. The van der Waals surface area contributed by atoms with Crippen LogP contribution in [-0.4, -0.2) is 38.9 Å². The van der Waals surface area contributed by atoms with Crippen LogP contribution in [0.3, 0.4) is 0 Å². The molecule has 1 rings (SSSR count). The van der Waals surface area contributed by atoms with Gasteiger partial charge in [0.2, 0.25) is 0 Å². The molecule has 0 saturated heterocycles. The van der Waals surface area contributed by atoms with Crippen LogP contribution in [-0.2, 0) is 22.9 Å². The highest BCUT2D eigenvalue weighted by Crippen LogP contribution is 2.06. The second-order valence-corrected chi connectivity index (χ2v) is 6.65. The maximum atomic E-state index is 11.0. The summed E-state index contributed by atoms with van der Waals surface area (Å²) in [5, 5.41) is 0.